The molecule has 0 amide bonds. The topological polar surface area (TPSA) is 50.7 Å². The Balaban J connectivity index is 2.36. The fraction of sp³-hybridized carbons (Fsp3) is 1.00. The molecule has 0 spiro atoms. The maximum atomic E-state index is 9.11. The molecular weight excluding hydrogens is 209 g/mol. The molecule has 1 aliphatic heterocycles. The standard InChI is InChI=1S/C9H22BNO3Si/c1-9(2,3)15(4,5)14-7-8-6-13-10(12)11-8/h8,11-12H,6-7H2,1-5H3/t8-/m1/s1. The van der Waals surface area contributed by atoms with E-state index >= 15 is 0 Å². The van der Waals surface area contributed by atoms with Crippen LogP contribution in [0.4, 0.5) is 0 Å². The van der Waals surface area contributed by atoms with E-state index in [0.717, 1.165) is 0 Å². The van der Waals surface area contributed by atoms with Crippen LogP contribution >= 0.6 is 0 Å². The summed E-state index contributed by atoms with van der Waals surface area (Å²) in [6.45, 7) is 12.2. The van der Waals surface area contributed by atoms with Gasteiger partial charge in [0, 0.05) is 12.6 Å². The summed E-state index contributed by atoms with van der Waals surface area (Å²) in [6.07, 6.45) is 0. The minimum absolute atomic E-state index is 0.120. The first kappa shape index (κ1) is 13.2. The van der Waals surface area contributed by atoms with E-state index in [0.29, 0.717) is 13.2 Å². The van der Waals surface area contributed by atoms with Gasteiger partial charge in [-0.1, -0.05) is 20.8 Å². The Kier molecular flexibility index (Phi) is 4.00. The molecule has 0 aliphatic carbocycles. The van der Waals surface area contributed by atoms with Gasteiger partial charge in [0.25, 0.3) is 0 Å². The molecule has 0 saturated carbocycles. The number of nitrogens with one attached hydrogen (secondary N) is 1. The lowest BCUT2D eigenvalue weighted by atomic mass is 10.1. The summed E-state index contributed by atoms with van der Waals surface area (Å²) in [4.78, 5) is 0. The van der Waals surface area contributed by atoms with E-state index in [4.69, 9.17) is 14.1 Å². The highest BCUT2D eigenvalue weighted by atomic mass is 28.4. The monoisotopic (exact) mass is 231 g/mol. The predicted octanol–water partition coefficient (Wildman–Crippen LogP) is 0.974. The zero-order chi connectivity index (χ0) is 11.7. The fourth-order valence-corrected chi connectivity index (χ4v) is 2.18. The Bertz CT molecular complexity index is 220. The molecule has 0 radical (unpaired) electrons. The van der Waals surface area contributed by atoms with Crippen LogP contribution in [0.2, 0.25) is 18.1 Å². The normalized spacial score (nSPS) is 23.6. The number of hydrogen-bond donors (Lipinski definition) is 2. The Morgan fingerprint density at radius 3 is 2.53 bits per heavy atom. The molecule has 0 aromatic carbocycles. The summed E-state index contributed by atoms with van der Waals surface area (Å²) >= 11 is 0. The fourth-order valence-electron chi connectivity index (χ4n) is 1.13. The molecule has 0 bridgehead atoms. The van der Waals surface area contributed by atoms with Crippen molar-refractivity contribution in [3.63, 3.8) is 0 Å². The van der Waals surface area contributed by atoms with E-state index in [1.807, 2.05) is 0 Å². The molecule has 1 aliphatic rings. The molecule has 4 nitrogen and oxygen atoms in total. The van der Waals surface area contributed by atoms with Crippen LogP contribution in [-0.2, 0) is 9.08 Å². The molecule has 1 heterocycles. The van der Waals surface area contributed by atoms with Crippen LogP contribution < -0.4 is 5.23 Å². The molecule has 0 aromatic heterocycles. The molecule has 2 N–H and O–H groups in total. The maximum absolute atomic E-state index is 9.11. The Morgan fingerprint density at radius 1 is 1.53 bits per heavy atom. The lowest BCUT2D eigenvalue weighted by Crippen LogP contribution is -2.45. The van der Waals surface area contributed by atoms with Gasteiger partial charge in [0.2, 0.25) is 0 Å². The molecule has 1 atom stereocenters. The quantitative estimate of drug-likeness (QED) is 0.711. The van der Waals surface area contributed by atoms with Gasteiger partial charge in [0.15, 0.2) is 8.32 Å². The van der Waals surface area contributed by atoms with Crippen molar-refractivity contribution in [1.82, 2.24) is 5.23 Å². The number of rotatable bonds is 3. The van der Waals surface area contributed by atoms with E-state index in [-0.39, 0.29) is 11.1 Å². The maximum Gasteiger partial charge on any atom is 0.552 e. The zero-order valence-electron chi connectivity index (χ0n) is 10.3. The van der Waals surface area contributed by atoms with Crippen LogP contribution in [-0.4, -0.2) is 39.9 Å². The summed E-state index contributed by atoms with van der Waals surface area (Å²) in [7, 11) is -2.49. The smallest absolute Gasteiger partial charge is 0.415 e. The van der Waals surface area contributed by atoms with Gasteiger partial charge in [-0.05, 0) is 18.1 Å². The lowest BCUT2D eigenvalue weighted by molar-refractivity contribution is 0.226. The average Bonchev–Trinajstić information content (AvgIpc) is 2.46. The molecule has 1 fully saturated rings. The first-order chi connectivity index (χ1) is 6.72. The van der Waals surface area contributed by atoms with Crippen molar-refractivity contribution in [2.75, 3.05) is 13.2 Å². The highest BCUT2D eigenvalue weighted by Crippen LogP contribution is 2.36. The molecular formula is C9H22BNO3Si. The van der Waals surface area contributed by atoms with Crippen molar-refractivity contribution >= 4 is 15.6 Å². The van der Waals surface area contributed by atoms with Crippen molar-refractivity contribution in [3.8, 4) is 0 Å². The predicted molar refractivity (Wildman–Crippen MR) is 64.0 cm³/mol. The highest BCUT2D eigenvalue weighted by Gasteiger charge is 2.38. The van der Waals surface area contributed by atoms with Gasteiger partial charge in [-0.2, -0.15) is 0 Å². The van der Waals surface area contributed by atoms with Crippen molar-refractivity contribution in [2.24, 2.45) is 0 Å². The van der Waals surface area contributed by atoms with Gasteiger partial charge >= 0.3 is 7.25 Å². The van der Waals surface area contributed by atoms with Gasteiger partial charge < -0.3 is 14.1 Å². The van der Waals surface area contributed by atoms with E-state index in [2.05, 4.69) is 39.1 Å². The van der Waals surface area contributed by atoms with Crippen LogP contribution in [0.25, 0.3) is 0 Å². The second kappa shape index (κ2) is 4.55. The van der Waals surface area contributed by atoms with Crippen LogP contribution in [0.5, 0.6) is 0 Å². The van der Waals surface area contributed by atoms with Gasteiger partial charge in [-0.3, -0.25) is 5.23 Å². The summed E-state index contributed by atoms with van der Waals surface area (Å²) < 4.78 is 11.0. The largest absolute Gasteiger partial charge is 0.552 e. The third-order valence-electron chi connectivity index (χ3n) is 3.29. The third kappa shape index (κ3) is 3.57. The van der Waals surface area contributed by atoms with Crippen molar-refractivity contribution in [2.45, 2.75) is 44.9 Å². The SMILES string of the molecule is CC(C)(C)[Si](C)(C)OC[C@H]1COB(O)N1. The van der Waals surface area contributed by atoms with Crippen LogP contribution in [0.3, 0.4) is 0 Å². The van der Waals surface area contributed by atoms with E-state index in [1.54, 1.807) is 0 Å². The first-order valence-corrected chi connectivity index (χ1v) is 8.33. The molecule has 15 heavy (non-hydrogen) atoms. The molecule has 88 valence electrons. The van der Waals surface area contributed by atoms with Gasteiger partial charge in [0.1, 0.15) is 0 Å². The molecule has 0 unspecified atom stereocenters. The second-order valence-corrected chi connectivity index (χ2v) is 10.4. The van der Waals surface area contributed by atoms with Crippen LogP contribution in [0.15, 0.2) is 0 Å². The summed E-state index contributed by atoms with van der Waals surface area (Å²) in [6, 6.07) is 0.120. The molecule has 1 rings (SSSR count). The van der Waals surface area contributed by atoms with Crippen LogP contribution in [0.1, 0.15) is 20.8 Å². The number of hydrogen-bond acceptors (Lipinski definition) is 4. The Hall–Kier alpha value is 0.122. The molecule has 0 aromatic rings. The first-order valence-electron chi connectivity index (χ1n) is 5.42. The van der Waals surface area contributed by atoms with Gasteiger partial charge in [0.05, 0.1) is 6.61 Å². The molecule has 1 saturated heterocycles. The highest BCUT2D eigenvalue weighted by molar-refractivity contribution is 6.74. The summed E-state index contributed by atoms with van der Waals surface area (Å²) in [5.74, 6) is 0. The minimum Gasteiger partial charge on any atom is -0.415 e. The van der Waals surface area contributed by atoms with Crippen molar-refractivity contribution in [1.29, 1.82) is 0 Å². The van der Waals surface area contributed by atoms with E-state index in [9.17, 15) is 0 Å². The minimum atomic E-state index is -1.67. The zero-order valence-corrected chi connectivity index (χ0v) is 11.3. The molecule has 6 heteroatoms. The van der Waals surface area contributed by atoms with Gasteiger partial charge in [-0.15, -0.1) is 0 Å². The second-order valence-electron chi connectivity index (χ2n) is 5.62. The lowest BCUT2D eigenvalue weighted by Gasteiger charge is -2.36. The van der Waals surface area contributed by atoms with Gasteiger partial charge in [-0.25, -0.2) is 0 Å². The summed E-state index contributed by atoms with van der Waals surface area (Å²) in [5, 5.41) is 12.2. The van der Waals surface area contributed by atoms with E-state index < -0.39 is 15.6 Å². The van der Waals surface area contributed by atoms with E-state index in [1.165, 1.54) is 0 Å². The van der Waals surface area contributed by atoms with Crippen LogP contribution in [0, 0.1) is 0 Å². The van der Waals surface area contributed by atoms with Crippen molar-refractivity contribution < 1.29 is 14.1 Å². The summed E-state index contributed by atoms with van der Waals surface area (Å²) in [5.41, 5.74) is 0. The third-order valence-corrected chi connectivity index (χ3v) is 7.79. The Labute approximate surface area is 93.6 Å². The van der Waals surface area contributed by atoms with Crippen molar-refractivity contribution in [3.05, 3.63) is 0 Å². The Morgan fingerprint density at radius 2 is 2.13 bits per heavy atom. The average molecular weight is 231 g/mol.